The number of carbonyl (C=O) groups excluding carboxylic acids is 1. The van der Waals surface area contributed by atoms with Gasteiger partial charge in [-0.25, -0.2) is 13.9 Å². The van der Waals surface area contributed by atoms with Crippen molar-refractivity contribution in [3.63, 3.8) is 0 Å². The number of aryl methyl sites for hydroxylation is 1. The Morgan fingerprint density at radius 2 is 2.00 bits per heavy atom. The lowest BCUT2D eigenvalue weighted by Crippen LogP contribution is -2.24. The summed E-state index contributed by atoms with van der Waals surface area (Å²) in [6, 6.07) is 1.58. The fourth-order valence-corrected chi connectivity index (χ4v) is 1.47. The zero-order chi connectivity index (χ0) is 12.8. The maximum atomic E-state index is 12.6. The molecular formula is C9H5F3N3O2. The van der Waals surface area contributed by atoms with Crippen LogP contribution in [0.25, 0.3) is 5.65 Å². The van der Waals surface area contributed by atoms with Crippen LogP contribution in [0.1, 0.15) is 11.3 Å². The molecule has 8 heteroatoms. The van der Waals surface area contributed by atoms with Gasteiger partial charge in [-0.05, 0) is 12.1 Å². The number of aromatic nitrogens is 3. The largest absolute Gasteiger partial charge is 0.431 e. The van der Waals surface area contributed by atoms with Crippen LogP contribution in [0.5, 0.6) is 0 Å². The number of pyridine rings is 1. The number of alkyl halides is 3. The molecule has 2 aromatic heterocycles. The number of fused-ring (bicyclic) bond motifs is 1. The highest BCUT2D eigenvalue weighted by atomic mass is 19.4. The molecule has 0 atom stereocenters. The Labute approximate surface area is 92.1 Å². The summed E-state index contributed by atoms with van der Waals surface area (Å²) >= 11 is 0. The molecule has 0 bridgehead atoms. The monoisotopic (exact) mass is 244 g/mol. The van der Waals surface area contributed by atoms with Crippen molar-refractivity contribution < 1.29 is 18.0 Å². The molecule has 5 nitrogen and oxygen atoms in total. The first-order chi connectivity index (χ1) is 7.86. The third-order valence-corrected chi connectivity index (χ3v) is 2.21. The van der Waals surface area contributed by atoms with E-state index in [4.69, 9.17) is 0 Å². The van der Waals surface area contributed by atoms with E-state index in [2.05, 4.69) is 5.10 Å². The smallest absolute Gasteiger partial charge is 0.285 e. The Kier molecular flexibility index (Phi) is 2.30. The van der Waals surface area contributed by atoms with E-state index in [0.29, 0.717) is 10.5 Å². The minimum Gasteiger partial charge on any atom is -0.285 e. The van der Waals surface area contributed by atoms with Crippen LogP contribution < -0.4 is 5.69 Å². The molecular weight excluding hydrogens is 239 g/mol. The van der Waals surface area contributed by atoms with E-state index in [1.54, 1.807) is 0 Å². The first kappa shape index (κ1) is 11.4. The van der Waals surface area contributed by atoms with E-state index in [9.17, 15) is 22.8 Å². The van der Waals surface area contributed by atoms with Crippen LogP contribution in [-0.2, 0) is 18.0 Å². The van der Waals surface area contributed by atoms with Crippen molar-refractivity contribution in [3.8, 4) is 0 Å². The van der Waals surface area contributed by atoms with E-state index in [1.165, 1.54) is 13.3 Å². The molecule has 2 heterocycles. The van der Waals surface area contributed by atoms with Gasteiger partial charge >= 0.3 is 11.9 Å². The molecule has 2 rings (SSSR count). The molecule has 0 amide bonds. The Bertz CT molecular complexity index is 654. The second-order valence-electron chi connectivity index (χ2n) is 3.30. The molecule has 0 aliphatic carbocycles. The predicted molar refractivity (Wildman–Crippen MR) is 50.2 cm³/mol. The summed E-state index contributed by atoms with van der Waals surface area (Å²) < 4.78 is 39.0. The SMILES string of the molecule is Cn1nc2c([C]=O)ccc(C(F)(F)F)n2c1=O. The summed E-state index contributed by atoms with van der Waals surface area (Å²) in [5.74, 6) is 0. The quantitative estimate of drug-likeness (QED) is 0.734. The van der Waals surface area contributed by atoms with Crippen LogP contribution >= 0.6 is 0 Å². The van der Waals surface area contributed by atoms with Gasteiger partial charge in [0.25, 0.3) is 0 Å². The van der Waals surface area contributed by atoms with Crippen LogP contribution in [-0.4, -0.2) is 20.5 Å². The molecule has 0 saturated carbocycles. The van der Waals surface area contributed by atoms with Gasteiger partial charge in [0.15, 0.2) is 5.65 Å². The summed E-state index contributed by atoms with van der Waals surface area (Å²) in [5.41, 5.74) is -2.70. The molecule has 0 aromatic carbocycles. The van der Waals surface area contributed by atoms with Gasteiger partial charge in [-0.3, -0.25) is 4.79 Å². The number of rotatable bonds is 1. The lowest BCUT2D eigenvalue weighted by atomic mass is 10.2. The van der Waals surface area contributed by atoms with Crippen LogP contribution in [0.15, 0.2) is 16.9 Å². The predicted octanol–water partition coefficient (Wildman–Crippen LogP) is 0.510. The van der Waals surface area contributed by atoms with Gasteiger partial charge < -0.3 is 0 Å². The third kappa shape index (κ3) is 1.61. The molecule has 0 fully saturated rings. The molecule has 17 heavy (non-hydrogen) atoms. The van der Waals surface area contributed by atoms with Gasteiger partial charge in [-0.1, -0.05) is 0 Å². The Hall–Kier alpha value is -2.12. The van der Waals surface area contributed by atoms with Gasteiger partial charge in [-0.15, -0.1) is 5.10 Å². The topological polar surface area (TPSA) is 56.4 Å². The van der Waals surface area contributed by atoms with Crippen molar-refractivity contribution in [2.45, 2.75) is 6.18 Å². The maximum Gasteiger partial charge on any atom is 0.431 e. The van der Waals surface area contributed by atoms with E-state index in [0.717, 1.165) is 10.7 Å². The maximum absolute atomic E-state index is 12.6. The summed E-state index contributed by atoms with van der Waals surface area (Å²) in [6.07, 6.45) is -3.27. The molecule has 1 radical (unpaired) electrons. The third-order valence-electron chi connectivity index (χ3n) is 2.21. The van der Waals surface area contributed by atoms with Gasteiger partial charge in [0.05, 0.1) is 5.56 Å². The highest BCUT2D eigenvalue weighted by Gasteiger charge is 2.35. The van der Waals surface area contributed by atoms with Crippen LogP contribution in [0.3, 0.4) is 0 Å². The first-order valence-corrected chi connectivity index (χ1v) is 4.40. The van der Waals surface area contributed by atoms with E-state index in [-0.39, 0.29) is 11.2 Å². The number of hydrogen-bond donors (Lipinski definition) is 0. The second-order valence-corrected chi connectivity index (χ2v) is 3.30. The van der Waals surface area contributed by atoms with Gasteiger partial charge in [-0.2, -0.15) is 13.2 Å². The lowest BCUT2D eigenvalue weighted by Gasteiger charge is -2.08. The molecule has 0 unspecified atom stereocenters. The molecule has 0 saturated heterocycles. The minimum absolute atomic E-state index is 0.198. The summed E-state index contributed by atoms with van der Waals surface area (Å²) in [4.78, 5) is 22.0. The molecule has 0 spiro atoms. The van der Waals surface area contributed by atoms with Gasteiger partial charge in [0.2, 0.25) is 6.29 Å². The summed E-state index contributed by atoms with van der Waals surface area (Å²) in [6.45, 7) is 0. The average Bonchev–Trinajstić information content (AvgIpc) is 2.53. The lowest BCUT2D eigenvalue weighted by molar-refractivity contribution is -0.142. The molecule has 0 N–H and O–H groups in total. The highest BCUT2D eigenvalue weighted by molar-refractivity contribution is 5.84. The number of hydrogen-bond acceptors (Lipinski definition) is 3. The second kappa shape index (κ2) is 3.44. The highest BCUT2D eigenvalue weighted by Crippen LogP contribution is 2.29. The van der Waals surface area contributed by atoms with Crippen molar-refractivity contribution in [1.29, 1.82) is 0 Å². The van der Waals surface area contributed by atoms with Crippen molar-refractivity contribution in [2.75, 3.05) is 0 Å². The summed E-state index contributed by atoms with van der Waals surface area (Å²) in [7, 11) is 1.20. The van der Waals surface area contributed by atoms with Gasteiger partial charge in [0, 0.05) is 7.05 Å². The number of halogens is 3. The Balaban J connectivity index is 2.99. The zero-order valence-electron chi connectivity index (χ0n) is 8.45. The van der Waals surface area contributed by atoms with Crippen molar-refractivity contribution in [1.82, 2.24) is 14.2 Å². The van der Waals surface area contributed by atoms with E-state index in [1.807, 2.05) is 0 Å². The van der Waals surface area contributed by atoms with Crippen LogP contribution in [0.2, 0.25) is 0 Å². The standard InChI is InChI=1S/C9H5F3N3O2/c1-14-8(17)15-6(9(10,11)12)3-2-5(4-16)7(15)13-14/h2-3H,1H3. The van der Waals surface area contributed by atoms with Crippen molar-refractivity contribution >= 4 is 11.9 Å². The van der Waals surface area contributed by atoms with Crippen LogP contribution in [0.4, 0.5) is 13.2 Å². The minimum atomic E-state index is -4.70. The summed E-state index contributed by atoms with van der Waals surface area (Å²) in [5, 5.41) is 3.56. The van der Waals surface area contributed by atoms with E-state index >= 15 is 0 Å². The fourth-order valence-electron chi connectivity index (χ4n) is 1.47. The fraction of sp³-hybridized carbons (Fsp3) is 0.222. The van der Waals surface area contributed by atoms with Crippen molar-refractivity contribution in [2.24, 2.45) is 7.05 Å². The normalized spacial score (nSPS) is 12.0. The molecule has 0 aliphatic rings. The molecule has 0 aliphatic heterocycles. The molecule has 2 aromatic rings. The van der Waals surface area contributed by atoms with E-state index < -0.39 is 17.6 Å². The molecule has 89 valence electrons. The average molecular weight is 244 g/mol. The van der Waals surface area contributed by atoms with Crippen LogP contribution in [0, 0.1) is 0 Å². The zero-order valence-corrected chi connectivity index (χ0v) is 8.45. The van der Waals surface area contributed by atoms with Gasteiger partial charge in [0.1, 0.15) is 5.69 Å². The first-order valence-electron chi connectivity index (χ1n) is 4.40. The Morgan fingerprint density at radius 1 is 1.35 bits per heavy atom. The van der Waals surface area contributed by atoms with Crippen molar-refractivity contribution in [3.05, 3.63) is 33.9 Å². The Morgan fingerprint density at radius 3 is 2.53 bits per heavy atom. The number of nitrogens with zero attached hydrogens (tertiary/aromatic N) is 3.